The van der Waals surface area contributed by atoms with Gasteiger partial charge in [-0.15, -0.1) is 0 Å². The van der Waals surface area contributed by atoms with E-state index in [0.717, 1.165) is 0 Å². The van der Waals surface area contributed by atoms with Crippen LogP contribution >= 0.6 is 34.8 Å². The van der Waals surface area contributed by atoms with E-state index >= 15 is 0 Å². The van der Waals surface area contributed by atoms with Gasteiger partial charge in [-0.05, 0) is 24.3 Å². The number of nitrogens with zero attached hydrogens (tertiary/aromatic N) is 2. The molecule has 0 radical (unpaired) electrons. The molecule has 2 rings (SSSR count). The quantitative estimate of drug-likeness (QED) is 0.813. The van der Waals surface area contributed by atoms with Crippen LogP contribution in [-0.2, 0) is 0 Å². The van der Waals surface area contributed by atoms with E-state index in [1.54, 1.807) is 18.2 Å². The Balaban J connectivity index is 2.37. The van der Waals surface area contributed by atoms with Crippen LogP contribution in [0.1, 0.15) is 5.69 Å². The second-order valence-corrected chi connectivity index (χ2v) is 4.84. The molecule has 0 saturated heterocycles. The van der Waals surface area contributed by atoms with Crippen LogP contribution in [0.3, 0.4) is 0 Å². The van der Waals surface area contributed by atoms with Crippen LogP contribution in [0.2, 0.25) is 15.1 Å². The fraction of sp³-hybridized carbons (Fsp3) is 0. The molecule has 0 amide bonds. The third kappa shape index (κ3) is 3.02. The van der Waals surface area contributed by atoms with Gasteiger partial charge in [-0.1, -0.05) is 34.8 Å². The van der Waals surface area contributed by atoms with Crippen molar-refractivity contribution in [2.45, 2.75) is 0 Å². The highest BCUT2D eigenvalue weighted by atomic mass is 35.5. The van der Waals surface area contributed by atoms with Crippen molar-refractivity contribution in [3.8, 4) is 6.07 Å². The standard InChI is InChI=1S/C12H7Cl3N4/c13-6-3-8(15)10(4-7(6)14)18-12-2-1-9(17)11(5-16)19-12/h1-4H,17H2,(H,18,19). The highest BCUT2D eigenvalue weighted by molar-refractivity contribution is 6.44. The lowest BCUT2D eigenvalue weighted by Crippen LogP contribution is -1.99. The first-order valence-electron chi connectivity index (χ1n) is 5.09. The normalized spacial score (nSPS) is 10.0. The molecule has 7 heteroatoms. The number of rotatable bonds is 2. The van der Waals surface area contributed by atoms with Crippen LogP contribution in [0, 0.1) is 11.3 Å². The van der Waals surface area contributed by atoms with Crippen molar-refractivity contribution >= 4 is 52.0 Å². The molecule has 0 fully saturated rings. The number of anilines is 3. The van der Waals surface area contributed by atoms with Crippen molar-refractivity contribution in [2.75, 3.05) is 11.1 Å². The first kappa shape index (κ1) is 13.8. The summed E-state index contributed by atoms with van der Waals surface area (Å²) >= 11 is 17.8. The molecule has 1 aromatic heterocycles. The minimum Gasteiger partial charge on any atom is -0.396 e. The summed E-state index contributed by atoms with van der Waals surface area (Å²) in [6.45, 7) is 0. The van der Waals surface area contributed by atoms with Gasteiger partial charge in [0.2, 0.25) is 0 Å². The van der Waals surface area contributed by atoms with Gasteiger partial charge in [-0.3, -0.25) is 0 Å². The van der Waals surface area contributed by atoms with Gasteiger partial charge in [0.05, 0.1) is 26.4 Å². The number of halogens is 3. The van der Waals surface area contributed by atoms with Gasteiger partial charge in [0, 0.05) is 0 Å². The molecule has 0 aliphatic heterocycles. The minimum absolute atomic E-state index is 0.140. The number of nitrogens with two attached hydrogens (primary N) is 1. The Morgan fingerprint density at radius 3 is 2.47 bits per heavy atom. The Labute approximate surface area is 124 Å². The van der Waals surface area contributed by atoms with Crippen LogP contribution in [0.4, 0.5) is 17.2 Å². The molecular formula is C12H7Cl3N4. The lowest BCUT2D eigenvalue weighted by molar-refractivity contribution is 1.26. The zero-order valence-electron chi connectivity index (χ0n) is 9.42. The largest absolute Gasteiger partial charge is 0.396 e. The summed E-state index contributed by atoms with van der Waals surface area (Å²) in [6, 6.07) is 8.22. The van der Waals surface area contributed by atoms with Crippen molar-refractivity contribution in [2.24, 2.45) is 0 Å². The fourth-order valence-electron chi connectivity index (χ4n) is 1.39. The van der Waals surface area contributed by atoms with Crippen LogP contribution in [0.25, 0.3) is 0 Å². The first-order valence-corrected chi connectivity index (χ1v) is 6.23. The van der Waals surface area contributed by atoms with Crippen molar-refractivity contribution in [1.29, 1.82) is 5.26 Å². The second kappa shape index (κ2) is 5.54. The topological polar surface area (TPSA) is 74.7 Å². The maximum atomic E-state index is 8.86. The molecular weight excluding hydrogens is 307 g/mol. The number of pyridine rings is 1. The summed E-state index contributed by atoms with van der Waals surface area (Å²) in [5.41, 5.74) is 6.58. The number of nitrogens with one attached hydrogen (secondary N) is 1. The Kier molecular flexibility index (Phi) is 4.01. The summed E-state index contributed by atoms with van der Waals surface area (Å²) in [5, 5.41) is 12.9. The van der Waals surface area contributed by atoms with E-state index in [1.807, 2.05) is 6.07 Å². The van der Waals surface area contributed by atoms with Crippen molar-refractivity contribution in [3.63, 3.8) is 0 Å². The van der Waals surface area contributed by atoms with Gasteiger partial charge < -0.3 is 11.1 Å². The summed E-state index contributed by atoms with van der Waals surface area (Å²) in [7, 11) is 0. The SMILES string of the molecule is N#Cc1nc(Nc2cc(Cl)c(Cl)cc2Cl)ccc1N. The number of hydrogen-bond donors (Lipinski definition) is 2. The smallest absolute Gasteiger partial charge is 0.165 e. The van der Waals surface area contributed by atoms with E-state index in [0.29, 0.717) is 32.3 Å². The van der Waals surface area contributed by atoms with Crippen LogP contribution < -0.4 is 11.1 Å². The van der Waals surface area contributed by atoms with E-state index in [9.17, 15) is 0 Å². The Morgan fingerprint density at radius 2 is 1.79 bits per heavy atom. The first-order chi connectivity index (χ1) is 9.01. The molecule has 0 unspecified atom stereocenters. The third-order valence-corrected chi connectivity index (χ3v) is 3.34. The average molecular weight is 314 g/mol. The van der Waals surface area contributed by atoms with Gasteiger partial charge in [0.1, 0.15) is 11.9 Å². The van der Waals surface area contributed by atoms with Crippen molar-refractivity contribution in [3.05, 3.63) is 45.0 Å². The molecule has 1 aromatic carbocycles. The average Bonchev–Trinajstić information content (AvgIpc) is 2.38. The molecule has 0 saturated carbocycles. The molecule has 0 bridgehead atoms. The molecule has 3 N–H and O–H groups in total. The Morgan fingerprint density at radius 1 is 1.11 bits per heavy atom. The van der Waals surface area contributed by atoms with E-state index in [1.165, 1.54) is 6.07 Å². The fourth-order valence-corrected chi connectivity index (χ4v) is 1.98. The predicted octanol–water partition coefficient (Wildman–Crippen LogP) is 4.24. The molecule has 4 nitrogen and oxygen atoms in total. The number of hydrogen-bond acceptors (Lipinski definition) is 4. The Hall–Kier alpha value is -1.67. The monoisotopic (exact) mass is 312 g/mol. The van der Waals surface area contributed by atoms with Gasteiger partial charge >= 0.3 is 0 Å². The number of benzene rings is 1. The molecule has 0 atom stereocenters. The van der Waals surface area contributed by atoms with E-state index in [2.05, 4.69) is 10.3 Å². The lowest BCUT2D eigenvalue weighted by atomic mass is 10.3. The molecule has 2 aromatic rings. The molecule has 0 aliphatic rings. The van der Waals surface area contributed by atoms with E-state index in [-0.39, 0.29) is 5.69 Å². The molecule has 96 valence electrons. The second-order valence-electron chi connectivity index (χ2n) is 3.62. The molecule has 0 aliphatic carbocycles. The van der Waals surface area contributed by atoms with Crippen LogP contribution in [0.5, 0.6) is 0 Å². The molecule has 1 heterocycles. The third-order valence-electron chi connectivity index (χ3n) is 2.31. The highest BCUT2D eigenvalue weighted by Crippen LogP contribution is 2.33. The van der Waals surface area contributed by atoms with Crippen molar-refractivity contribution < 1.29 is 0 Å². The lowest BCUT2D eigenvalue weighted by Gasteiger charge is -2.09. The van der Waals surface area contributed by atoms with Gasteiger partial charge in [0.15, 0.2) is 5.69 Å². The van der Waals surface area contributed by atoms with Crippen LogP contribution in [0.15, 0.2) is 24.3 Å². The number of nitriles is 1. The van der Waals surface area contributed by atoms with Crippen LogP contribution in [-0.4, -0.2) is 4.98 Å². The zero-order chi connectivity index (χ0) is 14.0. The van der Waals surface area contributed by atoms with Crippen molar-refractivity contribution in [1.82, 2.24) is 4.98 Å². The van der Waals surface area contributed by atoms with Gasteiger partial charge in [-0.25, -0.2) is 4.98 Å². The van der Waals surface area contributed by atoms with Gasteiger partial charge in [0.25, 0.3) is 0 Å². The van der Waals surface area contributed by atoms with Gasteiger partial charge in [-0.2, -0.15) is 5.26 Å². The highest BCUT2D eigenvalue weighted by Gasteiger charge is 2.08. The van der Waals surface area contributed by atoms with E-state index < -0.39 is 0 Å². The zero-order valence-corrected chi connectivity index (χ0v) is 11.7. The summed E-state index contributed by atoms with van der Waals surface area (Å²) in [5.74, 6) is 0.436. The number of nitrogen functional groups attached to an aromatic ring is 1. The predicted molar refractivity (Wildman–Crippen MR) is 78.1 cm³/mol. The number of aromatic nitrogens is 1. The maximum absolute atomic E-state index is 8.86. The molecule has 0 spiro atoms. The maximum Gasteiger partial charge on any atom is 0.165 e. The summed E-state index contributed by atoms with van der Waals surface area (Å²) in [6.07, 6.45) is 0. The molecule has 19 heavy (non-hydrogen) atoms. The summed E-state index contributed by atoms with van der Waals surface area (Å²) < 4.78 is 0. The Bertz CT molecular complexity index is 679. The summed E-state index contributed by atoms with van der Waals surface area (Å²) in [4.78, 5) is 4.05. The minimum atomic E-state index is 0.140. The van der Waals surface area contributed by atoms with E-state index in [4.69, 9.17) is 45.8 Å².